The molecule has 0 aliphatic heterocycles. The summed E-state index contributed by atoms with van der Waals surface area (Å²) in [5.41, 5.74) is -1.18. The van der Waals surface area contributed by atoms with E-state index in [-0.39, 0.29) is 33.5 Å². The van der Waals surface area contributed by atoms with Gasteiger partial charge in [0.05, 0.1) is 12.0 Å². The molecule has 1 amide bonds. The van der Waals surface area contributed by atoms with Gasteiger partial charge in [-0.2, -0.15) is 0 Å². The van der Waals surface area contributed by atoms with E-state index in [0.29, 0.717) is 10.9 Å². The Kier molecular flexibility index (Phi) is 9.12. The van der Waals surface area contributed by atoms with Gasteiger partial charge in [0.15, 0.2) is 5.75 Å². The molecule has 0 aliphatic carbocycles. The van der Waals surface area contributed by atoms with Crippen LogP contribution < -0.4 is 10.6 Å². The first kappa shape index (κ1) is 29.4. The van der Waals surface area contributed by atoms with Gasteiger partial charge in [-0.25, -0.2) is 4.79 Å². The molecule has 3 rings (SSSR count). The van der Waals surface area contributed by atoms with Gasteiger partial charge in [0.1, 0.15) is 22.8 Å². The van der Waals surface area contributed by atoms with Crippen molar-refractivity contribution in [2.24, 2.45) is 0 Å². The molecule has 0 saturated carbocycles. The zero-order chi connectivity index (χ0) is 26.7. The molecule has 2 aromatic heterocycles. The van der Waals surface area contributed by atoms with Crippen LogP contribution in [0.4, 0.5) is 10.3 Å². The molecular formula is C24H31N5O7S. The van der Waals surface area contributed by atoms with E-state index in [2.05, 4.69) is 25.8 Å². The van der Waals surface area contributed by atoms with Gasteiger partial charge in [-0.15, -0.1) is 10.2 Å². The smallest absolute Gasteiger partial charge is 0.329 e. The Morgan fingerprint density at radius 3 is 2.30 bits per heavy atom. The topological polar surface area (TPSA) is 184 Å². The van der Waals surface area contributed by atoms with Crippen LogP contribution in [0, 0.1) is 0 Å². The number of rotatable bonds is 7. The maximum Gasteiger partial charge on any atom is 0.329 e. The molecule has 0 aliphatic rings. The van der Waals surface area contributed by atoms with Gasteiger partial charge in [0.25, 0.3) is 5.91 Å². The largest absolute Gasteiger partial charge is 0.505 e. The molecule has 0 fully saturated rings. The molecule has 0 spiro atoms. The number of ether oxygens (including phenoxy) is 2. The van der Waals surface area contributed by atoms with Crippen LogP contribution in [0.3, 0.4) is 0 Å². The Morgan fingerprint density at radius 2 is 1.65 bits per heavy atom. The second-order valence-corrected chi connectivity index (χ2v) is 10.9. The zero-order valence-electron chi connectivity index (χ0n) is 21.4. The van der Waals surface area contributed by atoms with E-state index < -0.39 is 35.1 Å². The molecule has 5 N–H and O–H groups in total. The third kappa shape index (κ3) is 8.36. The van der Waals surface area contributed by atoms with E-state index in [1.54, 1.807) is 59.7 Å². The van der Waals surface area contributed by atoms with Crippen molar-refractivity contribution in [3.63, 3.8) is 0 Å². The summed E-state index contributed by atoms with van der Waals surface area (Å²) in [5, 5.41) is 24.7. The number of benzene rings is 1. The minimum atomic E-state index is -1.09. The lowest BCUT2D eigenvalue weighted by molar-refractivity contribution is -0.163. The lowest BCUT2D eigenvalue weighted by Crippen LogP contribution is -2.39. The van der Waals surface area contributed by atoms with Crippen LogP contribution >= 0.6 is 11.3 Å². The van der Waals surface area contributed by atoms with Crippen LogP contribution in [0.2, 0.25) is 0 Å². The fraction of sp³-hybridized carbons (Fsp3) is 0.417. The summed E-state index contributed by atoms with van der Waals surface area (Å²) in [6, 6.07) is 5.56. The molecule has 12 nitrogen and oxygen atoms in total. The Bertz CT molecular complexity index is 1280. The fourth-order valence-corrected chi connectivity index (χ4v) is 3.77. The van der Waals surface area contributed by atoms with Gasteiger partial charge in [0, 0.05) is 11.6 Å². The number of esters is 2. The normalized spacial score (nSPS) is 12.3. The fourth-order valence-electron chi connectivity index (χ4n) is 3.07. The minimum Gasteiger partial charge on any atom is -0.505 e. The Morgan fingerprint density at radius 1 is 1.00 bits per heavy atom. The number of hydrogen-bond acceptors (Lipinski definition) is 11. The number of fused-ring (bicyclic) bond motifs is 1. The molecule has 1 aromatic carbocycles. The first-order valence-corrected chi connectivity index (χ1v) is 12.0. The highest BCUT2D eigenvalue weighted by Gasteiger charge is 2.30. The van der Waals surface area contributed by atoms with Crippen LogP contribution in [0.25, 0.3) is 10.9 Å². The van der Waals surface area contributed by atoms with Crippen molar-refractivity contribution < 1.29 is 34.4 Å². The molecule has 200 valence electrons. The number of phenols is 1. The number of phenolic OH excluding ortho intramolecular Hbond substituents is 1. The van der Waals surface area contributed by atoms with E-state index in [1.807, 2.05) is 0 Å². The van der Waals surface area contributed by atoms with Crippen molar-refractivity contribution in [3.05, 3.63) is 36.0 Å². The summed E-state index contributed by atoms with van der Waals surface area (Å²) in [6.45, 7) is 10.3. The van der Waals surface area contributed by atoms with Crippen LogP contribution in [0.15, 0.2) is 30.5 Å². The Labute approximate surface area is 217 Å². The van der Waals surface area contributed by atoms with Crippen molar-refractivity contribution >= 4 is 50.3 Å². The number of nitrogens with one attached hydrogen (secondary N) is 2. The maximum absolute atomic E-state index is 12.7. The van der Waals surface area contributed by atoms with Gasteiger partial charge >= 0.3 is 11.9 Å². The molecule has 3 aromatic rings. The van der Waals surface area contributed by atoms with E-state index in [0.717, 1.165) is 11.3 Å². The van der Waals surface area contributed by atoms with E-state index in [9.17, 15) is 19.5 Å². The lowest BCUT2D eigenvalue weighted by atomic mass is 10.1. The van der Waals surface area contributed by atoms with E-state index in [1.165, 1.54) is 12.3 Å². The number of aromatic hydroxyl groups is 1. The minimum absolute atomic E-state index is 0. The first-order valence-electron chi connectivity index (χ1n) is 11.1. The first-order chi connectivity index (χ1) is 16.7. The number of aromatic nitrogens is 3. The average Bonchev–Trinajstić information content (AvgIpc) is 3.17. The maximum atomic E-state index is 12.7. The summed E-state index contributed by atoms with van der Waals surface area (Å²) in [7, 11) is 0. The molecule has 37 heavy (non-hydrogen) atoms. The molecule has 0 bridgehead atoms. The molecule has 1 atom stereocenters. The van der Waals surface area contributed by atoms with Crippen molar-refractivity contribution in [3.8, 4) is 5.75 Å². The lowest BCUT2D eigenvalue weighted by Gasteiger charge is -2.25. The van der Waals surface area contributed by atoms with Gasteiger partial charge in [0.2, 0.25) is 10.3 Å². The number of carbonyl (C=O) groups excluding carboxylic acids is 3. The highest BCUT2D eigenvalue weighted by atomic mass is 32.1. The molecule has 0 saturated heterocycles. The SMILES string of the molecule is CC(C)(C)OC(=O)CC(Nc1nnc(NC(=O)c2ccc3cccnc3c2O)s1)C(=O)OC(C)(C)C.O. The number of hydrogen-bond donors (Lipinski definition) is 3. The number of carbonyl (C=O) groups is 3. The quantitative estimate of drug-likeness (QED) is 0.381. The second kappa shape index (κ2) is 11.5. The summed E-state index contributed by atoms with van der Waals surface area (Å²) in [6.07, 6.45) is 1.22. The zero-order valence-corrected chi connectivity index (χ0v) is 22.2. The monoisotopic (exact) mass is 533 g/mol. The van der Waals surface area contributed by atoms with Crippen molar-refractivity contribution in [1.82, 2.24) is 15.2 Å². The predicted molar refractivity (Wildman–Crippen MR) is 139 cm³/mol. The van der Waals surface area contributed by atoms with E-state index in [4.69, 9.17) is 9.47 Å². The summed E-state index contributed by atoms with van der Waals surface area (Å²) in [5.74, 6) is -2.12. The second-order valence-electron chi connectivity index (χ2n) is 9.92. The third-order valence-corrected chi connectivity index (χ3v) is 5.19. The van der Waals surface area contributed by atoms with Crippen LogP contribution in [0.1, 0.15) is 58.3 Å². The molecular weight excluding hydrogens is 502 g/mol. The summed E-state index contributed by atoms with van der Waals surface area (Å²) in [4.78, 5) is 42.0. The highest BCUT2D eigenvalue weighted by Crippen LogP contribution is 2.29. The van der Waals surface area contributed by atoms with Crippen LogP contribution in [-0.2, 0) is 19.1 Å². The van der Waals surface area contributed by atoms with Gasteiger partial charge < -0.3 is 25.4 Å². The van der Waals surface area contributed by atoms with E-state index >= 15 is 0 Å². The molecule has 13 heteroatoms. The predicted octanol–water partition coefficient (Wildman–Crippen LogP) is 3.07. The Hall–Kier alpha value is -3.84. The Balaban J connectivity index is 0.00000481. The number of pyridine rings is 1. The third-order valence-electron chi connectivity index (χ3n) is 4.42. The molecule has 1 unspecified atom stereocenters. The standard InChI is InChI=1S/C24H29N5O6S.H2O/c1-23(2,3)34-16(30)12-15(20(33)35-24(4,5)6)26-21-28-29-22(36-21)27-19(32)14-10-9-13-8-7-11-25-17(13)18(14)31;/h7-11,15,31H,12H2,1-6H3,(H,26,28)(H,27,29,32);1H2. The summed E-state index contributed by atoms with van der Waals surface area (Å²) < 4.78 is 10.8. The highest BCUT2D eigenvalue weighted by molar-refractivity contribution is 7.19. The van der Waals surface area contributed by atoms with Gasteiger partial charge in [-0.3, -0.25) is 19.9 Å². The van der Waals surface area contributed by atoms with Crippen molar-refractivity contribution in [2.75, 3.05) is 10.6 Å². The molecule has 0 radical (unpaired) electrons. The van der Waals surface area contributed by atoms with Gasteiger partial charge in [-0.1, -0.05) is 23.5 Å². The number of nitrogens with zero attached hydrogens (tertiary/aromatic N) is 3. The van der Waals surface area contributed by atoms with Gasteiger partial charge in [-0.05, 0) is 53.7 Å². The van der Waals surface area contributed by atoms with Crippen molar-refractivity contribution in [1.29, 1.82) is 0 Å². The van der Waals surface area contributed by atoms with Crippen LogP contribution in [-0.4, -0.2) is 60.9 Å². The summed E-state index contributed by atoms with van der Waals surface area (Å²) >= 11 is 0.947. The number of anilines is 2. The number of amides is 1. The molecule has 2 heterocycles. The average molecular weight is 534 g/mol. The van der Waals surface area contributed by atoms with Crippen LogP contribution in [0.5, 0.6) is 5.75 Å². The van der Waals surface area contributed by atoms with Crippen molar-refractivity contribution in [2.45, 2.75) is 65.2 Å².